The lowest BCUT2D eigenvalue weighted by atomic mass is 10.1. The van der Waals surface area contributed by atoms with Crippen molar-refractivity contribution in [2.24, 2.45) is 0 Å². The molecule has 0 unspecified atom stereocenters. The standard InChI is InChI=1S/C23H24N6O2/c1-2-4-18-15-25-21(28-22(18)29-11-13-31-14-12-29)17-6-8-19(9-7-17)26-23(30)27-20-5-3-10-24-16-20/h2-3,5-10,15-16H,1,4,11-14H2,(H2,26,27,30). The van der Waals surface area contributed by atoms with E-state index in [4.69, 9.17) is 9.72 Å². The van der Waals surface area contributed by atoms with E-state index in [0.717, 1.165) is 30.0 Å². The molecule has 0 aliphatic carbocycles. The van der Waals surface area contributed by atoms with E-state index in [1.54, 1.807) is 24.5 Å². The van der Waals surface area contributed by atoms with E-state index < -0.39 is 0 Å². The van der Waals surface area contributed by atoms with Gasteiger partial charge in [0.2, 0.25) is 0 Å². The Morgan fingerprint density at radius 2 is 1.87 bits per heavy atom. The summed E-state index contributed by atoms with van der Waals surface area (Å²) < 4.78 is 5.47. The molecular weight excluding hydrogens is 392 g/mol. The number of carbonyl (C=O) groups excluding carboxylic acids is 1. The van der Waals surface area contributed by atoms with Crippen molar-refractivity contribution in [2.45, 2.75) is 6.42 Å². The highest BCUT2D eigenvalue weighted by Gasteiger charge is 2.17. The first-order valence-corrected chi connectivity index (χ1v) is 10.1. The number of rotatable bonds is 6. The number of anilines is 3. The molecule has 1 aliphatic rings. The molecule has 1 saturated heterocycles. The van der Waals surface area contributed by atoms with Crippen molar-refractivity contribution < 1.29 is 9.53 Å². The Balaban J connectivity index is 1.49. The van der Waals surface area contributed by atoms with Crippen LogP contribution >= 0.6 is 0 Å². The van der Waals surface area contributed by atoms with Gasteiger partial charge in [-0.2, -0.15) is 0 Å². The largest absolute Gasteiger partial charge is 0.378 e. The van der Waals surface area contributed by atoms with Crippen molar-refractivity contribution in [3.8, 4) is 11.4 Å². The second-order valence-corrected chi connectivity index (χ2v) is 7.03. The van der Waals surface area contributed by atoms with Crippen LogP contribution in [0.15, 0.2) is 67.6 Å². The van der Waals surface area contributed by atoms with E-state index in [2.05, 4.69) is 32.1 Å². The Morgan fingerprint density at radius 1 is 1.10 bits per heavy atom. The first kappa shape index (κ1) is 20.5. The number of nitrogens with zero attached hydrogens (tertiary/aromatic N) is 4. The predicted molar refractivity (Wildman–Crippen MR) is 121 cm³/mol. The molecule has 4 rings (SSSR count). The number of allylic oxidation sites excluding steroid dienone is 1. The van der Waals surface area contributed by atoms with Gasteiger partial charge in [-0.25, -0.2) is 14.8 Å². The first-order valence-electron chi connectivity index (χ1n) is 10.1. The maximum absolute atomic E-state index is 12.2. The Labute approximate surface area is 181 Å². The van der Waals surface area contributed by atoms with Crippen LogP contribution in [0.1, 0.15) is 5.56 Å². The number of aromatic nitrogens is 3. The number of carbonyl (C=O) groups is 1. The van der Waals surface area contributed by atoms with Gasteiger partial charge in [-0.1, -0.05) is 6.08 Å². The van der Waals surface area contributed by atoms with Gasteiger partial charge in [-0.05, 0) is 42.8 Å². The summed E-state index contributed by atoms with van der Waals surface area (Å²) in [6, 6.07) is 10.6. The zero-order valence-electron chi connectivity index (χ0n) is 17.1. The second-order valence-electron chi connectivity index (χ2n) is 7.03. The first-order chi connectivity index (χ1) is 15.2. The molecule has 2 aromatic heterocycles. The summed E-state index contributed by atoms with van der Waals surface area (Å²) in [6.07, 6.45) is 7.67. The van der Waals surface area contributed by atoms with Gasteiger partial charge in [0.05, 0.1) is 25.1 Å². The third kappa shape index (κ3) is 5.23. The zero-order valence-corrected chi connectivity index (χ0v) is 17.1. The average Bonchev–Trinajstić information content (AvgIpc) is 2.81. The highest BCUT2D eigenvalue weighted by atomic mass is 16.5. The molecule has 1 aliphatic heterocycles. The number of benzene rings is 1. The summed E-state index contributed by atoms with van der Waals surface area (Å²) in [5.41, 5.74) is 3.21. The van der Waals surface area contributed by atoms with Gasteiger partial charge in [0.25, 0.3) is 0 Å². The van der Waals surface area contributed by atoms with Crippen LogP contribution in [0.2, 0.25) is 0 Å². The van der Waals surface area contributed by atoms with Gasteiger partial charge in [-0.3, -0.25) is 4.98 Å². The van der Waals surface area contributed by atoms with Crippen molar-refractivity contribution >= 4 is 23.2 Å². The molecule has 8 heteroatoms. The second kappa shape index (κ2) is 9.82. The Morgan fingerprint density at radius 3 is 2.58 bits per heavy atom. The third-order valence-corrected chi connectivity index (χ3v) is 4.84. The monoisotopic (exact) mass is 416 g/mol. The Hall–Kier alpha value is -3.78. The van der Waals surface area contributed by atoms with Crippen LogP contribution in [0.4, 0.5) is 22.0 Å². The van der Waals surface area contributed by atoms with Gasteiger partial charge in [-0.15, -0.1) is 6.58 Å². The van der Waals surface area contributed by atoms with Crippen molar-refractivity contribution in [3.63, 3.8) is 0 Å². The molecule has 8 nitrogen and oxygen atoms in total. The number of amides is 2. The lowest BCUT2D eigenvalue weighted by Crippen LogP contribution is -2.37. The van der Waals surface area contributed by atoms with Gasteiger partial charge in [0, 0.05) is 42.3 Å². The SMILES string of the molecule is C=CCc1cnc(-c2ccc(NC(=O)Nc3cccnc3)cc2)nc1N1CCOCC1. The number of hydrogen-bond donors (Lipinski definition) is 2. The summed E-state index contributed by atoms with van der Waals surface area (Å²) >= 11 is 0. The van der Waals surface area contributed by atoms with Crippen molar-refractivity contribution in [3.05, 3.63) is 73.2 Å². The molecule has 3 aromatic rings. The highest BCUT2D eigenvalue weighted by molar-refractivity contribution is 5.99. The number of urea groups is 1. The van der Waals surface area contributed by atoms with Crippen molar-refractivity contribution in [1.82, 2.24) is 15.0 Å². The molecule has 0 spiro atoms. The molecule has 2 N–H and O–H groups in total. The zero-order chi connectivity index (χ0) is 21.5. The van der Waals surface area contributed by atoms with Gasteiger partial charge < -0.3 is 20.3 Å². The maximum Gasteiger partial charge on any atom is 0.323 e. The molecule has 0 bridgehead atoms. The van der Waals surface area contributed by atoms with Crippen molar-refractivity contribution in [2.75, 3.05) is 41.8 Å². The van der Waals surface area contributed by atoms with E-state index in [1.807, 2.05) is 36.5 Å². The van der Waals surface area contributed by atoms with Crippen LogP contribution in [0, 0.1) is 0 Å². The lowest BCUT2D eigenvalue weighted by Gasteiger charge is -2.29. The molecule has 0 saturated carbocycles. The minimum absolute atomic E-state index is 0.333. The minimum Gasteiger partial charge on any atom is -0.378 e. The normalized spacial score (nSPS) is 13.5. The van der Waals surface area contributed by atoms with E-state index in [1.165, 1.54) is 0 Å². The lowest BCUT2D eigenvalue weighted by molar-refractivity contribution is 0.122. The van der Waals surface area contributed by atoms with E-state index >= 15 is 0 Å². The molecule has 1 fully saturated rings. The van der Waals surface area contributed by atoms with Crippen LogP contribution in [0.3, 0.4) is 0 Å². The number of ether oxygens (including phenoxy) is 1. The maximum atomic E-state index is 12.2. The number of pyridine rings is 1. The van der Waals surface area contributed by atoms with Crippen LogP contribution in [0.25, 0.3) is 11.4 Å². The molecule has 2 amide bonds. The highest BCUT2D eigenvalue weighted by Crippen LogP contribution is 2.25. The Bertz CT molecular complexity index is 1030. The topological polar surface area (TPSA) is 92.3 Å². The van der Waals surface area contributed by atoms with Gasteiger partial charge in [0.15, 0.2) is 5.82 Å². The molecule has 1 aromatic carbocycles. The van der Waals surface area contributed by atoms with Crippen LogP contribution in [-0.4, -0.2) is 47.3 Å². The van der Waals surface area contributed by atoms with Gasteiger partial charge >= 0.3 is 6.03 Å². The molecule has 0 radical (unpaired) electrons. The molecule has 3 heterocycles. The molecule has 158 valence electrons. The number of nitrogens with one attached hydrogen (secondary N) is 2. The van der Waals surface area contributed by atoms with E-state index in [-0.39, 0.29) is 6.03 Å². The van der Waals surface area contributed by atoms with Crippen molar-refractivity contribution in [1.29, 1.82) is 0 Å². The van der Waals surface area contributed by atoms with E-state index in [9.17, 15) is 4.79 Å². The summed E-state index contributed by atoms with van der Waals surface area (Å²) in [6.45, 7) is 6.82. The van der Waals surface area contributed by atoms with Crippen LogP contribution in [0.5, 0.6) is 0 Å². The third-order valence-electron chi connectivity index (χ3n) is 4.84. The quantitative estimate of drug-likeness (QED) is 0.595. The number of hydrogen-bond acceptors (Lipinski definition) is 6. The minimum atomic E-state index is -0.333. The molecular formula is C23H24N6O2. The summed E-state index contributed by atoms with van der Waals surface area (Å²) in [5.74, 6) is 1.56. The fourth-order valence-electron chi connectivity index (χ4n) is 3.32. The summed E-state index contributed by atoms with van der Waals surface area (Å²) in [7, 11) is 0. The van der Waals surface area contributed by atoms with Crippen LogP contribution < -0.4 is 15.5 Å². The van der Waals surface area contributed by atoms with Gasteiger partial charge in [0.1, 0.15) is 5.82 Å². The Kier molecular flexibility index (Phi) is 6.49. The fourth-order valence-corrected chi connectivity index (χ4v) is 3.32. The molecule has 0 atom stereocenters. The summed E-state index contributed by atoms with van der Waals surface area (Å²) in [5, 5.41) is 5.54. The predicted octanol–water partition coefficient (Wildman–Crippen LogP) is 3.75. The van der Waals surface area contributed by atoms with Crippen LogP contribution in [-0.2, 0) is 11.2 Å². The fraction of sp³-hybridized carbons (Fsp3) is 0.217. The number of morpholine rings is 1. The average molecular weight is 416 g/mol. The van der Waals surface area contributed by atoms with E-state index in [0.29, 0.717) is 36.8 Å². The summed E-state index contributed by atoms with van der Waals surface area (Å²) in [4.78, 5) is 27.7. The molecule has 31 heavy (non-hydrogen) atoms. The smallest absolute Gasteiger partial charge is 0.323 e.